The van der Waals surface area contributed by atoms with Gasteiger partial charge in [-0.15, -0.1) is 0 Å². The molecule has 0 aliphatic carbocycles. The Labute approximate surface area is 167 Å². The smallest absolute Gasteiger partial charge is 0.416 e. The molecule has 1 aliphatic heterocycles. The van der Waals surface area contributed by atoms with E-state index in [0.717, 1.165) is 37.8 Å². The summed E-state index contributed by atoms with van der Waals surface area (Å²) < 4.78 is 45.4. The van der Waals surface area contributed by atoms with Gasteiger partial charge in [-0.3, -0.25) is 9.59 Å². The Bertz CT molecular complexity index is 926. The number of aromatic nitrogens is 1. The van der Waals surface area contributed by atoms with Gasteiger partial charge in [-0.25, -0.2) is 0 Å². The fraction of sp³-hybridized carbons (Fsp3) is 0.455. The van der Waals surface area contributed by atoms with E-state index < -0.39 is 23.4 Å². The maximum atomic E-state index is 13.0. The second-order valence-electron chi connectivity index (χ2n) is 7.47. The van der Waals surface area contributed by atoms with Crippen molar-refractivity contribution in [3.05, 3.63) is 52.3 Å². The molecule has 0 radical (unpaired) electrons. The highest BCUT2D eigenvalue weighted by Gasteiger charge is 2.40. The lowest BCUT2D eigenvalue weighted by Crippen LogP contribution is -2.17. The van der Waals surface area contributed by atoms with E-state index in [4.69, 9.17) is 4.74 Å². The lowest BCUT2D eigenvalue weighted by atomic mass is 9.98. The van der Waals surface area contributed by atoms with Gasteiger partial charge in [0.25, 0.3) is 0 Å². The van der Waals surface area contributed by atoms with Crippen LogP contribution in [0.3, 0.4) is 0 Å². The molecule has 0 saturated carbocycles. The molecule has 2 heterocycles. The minimum absolute atomic E-state index is 0.159. The molecule has 1 atom stereocenters. The number of ether oxygens (including phenoxy) is 1. The van der Waals surface area contributed by atoms with E-state index in [2.05, 4.69) is 6.92 Å². The fourth-order valence-electron chi connectivity index (χ4n) is 3.93. The number of alkyl halides is 3. The predicted molar refractivity (Wildman–Crippen MR) is 102 cm³/mol. The maximum Gasteiger partial charge on any atom is 0.416 e. The van der Waals surface area contributed by atoms with Crippen molar-refractivity contribution in [3.8, 4) is 5.75 Å². The van der Waals surface area contributed by atoms with E-state index in [1.807, 2.05) is 0 Å². The first-order valence-corrected chi connectivity index (χ1v) is 9.79. The average molecular weight is 407 g/mol. The van der Waals surface area contributed by atoms with Crippen molar-refractivity contribution in [2.75, 3.05) is 0 Å². The van der Waals surface area contributed by atoms with Crippen LogP contribution in [0.2, 0.25) is 0 Å². The number of carbonyl (C=O) groups is 2. The number of ketones is 1. The Morgan fingerprint density at radius 1 is 1.14 bits per heavy atom. The van der Waals surface area contributed by atoms with Gasteiger partial charge in [-0.2, -0.15) is 13.2 Å². The second-order valence-corrected chi connectivity index (χ2v) is 7.47. The van der Waals surface area contributed by atoms with Gasteiger partial charge in [0.2, 0.25) is 5.78 Å². The normalized spacial score (nSPS) is 16.1. The molecule has 0 N–H and O–H groups in total. The Balaban J connectivity index is 1.89. The number of rotatable bonds is 7. The molecule has 3 rings (SSSR count). The van der Waals surface area contributed by atoms with Gasteiger partial charge in [0.15, 0.2) is 5.75 Å². The lowest BCUT2D eigenvalue weighted by molar-refractivity contribution is -0.137. The topological polar surface area (TPSA) is 48.3 Å². The molecular weight excluding hydrogens is 383 g/mol. The predicted octanol–water partition coefficient (Wildman–Crippen LogP) is 5.56. The third-order valence-electron chi connectivity index (χ3n) is 5.48. The molecule has 1 aromatic heterocycles. The van der Waals surface area contributed by atoms with Crippen molar-refractivity contribution in [1.29, 1.82) is 0 Å². The third kappa shape index (κ3) is 3.95. The van der Waals surface area contributed by atoms with Crippen molar-refractivity contribution >= 4 is 11.8 Å². The highest BCUT2D eigenvalue weighted by molar-refractivity contribution is 6.10. The molecule has 1 unspecified atom stereocenters. The summed E-state index contributed by atoms with van der Waals surface area (Å²) in [5, 5.41) is 0. The van der Waals surface area contributed by atoms with Crippen LogP contribution in [0.5, 0.6) is 5.75 Å². The molecule has 29 heavy (non-hydrogen) atoms. The van der Waals surface area contributed by atoms with E-state index >= 15 is 0 Å². The highest BCUT2D eigenvalue weighted by Crippen LogP contribution is 2.43. The van der Waals surface area contributed by atoms with Crippen molar-refractivity contribution in [2.24, 2.45) is 7.05 Å². The summed E-state index contributed by atoms with van der Waals surface area (Å²) in [5.74, 6) is -0.708. The molecule has 0 amide bonds. The number of unbranched alkanes of at least 4 members (excludes halogenated alkanes) is 3. The first kappa shape index (κ1) is 21.1. The van der Waals surface area contributed by atoms with Crippen LogP contribution in [-0.4, -0.2) is 16.3 Å². The van der Waals surface area contributed by atoms with Crippen LogP contribution in [-0.2, 0) is 18.0 Å². The number of fused-ring (bicyclic) bond motifs is 1. The number of benzene rings is 1. The zero-order valence-corrected chi connectivity index (χ0v) is 16.7. The third-order valence-corrected chi connectivity index (χ3v) is 5.48. The van der Waals surface area contributed by atoms with Crippen LogP contribution in [0.25, 0.3) is 0 Å². The van der Waals surface area contributed by atoms with Gasteiger partial charge in [0, 0.05) is 18.2 Å². The molecule has 0 bridgehead atoms. The van der Waals surface area contributed by atoms with E-state index in [1.54, 1.807) is 18.5 Å². The van der Waals surface area contributed by atoms with Crippen molar-refractivity contribution in [1.82, 2.24) is 4.57 Å². The monoisotopic (exact) mass is 407 g/mol. The Hall–Kier alpha value is -2.57. The van der Waals surface area contributed by atoms with Crippen LogP contribution in [0.4, 0.5) is 13.2 Å². The standard InChI is InChI=1S/C22H24F3NO3/c1-4-5-6-7-8-16-18-20(29-21(16)28)13(2)17(26(18)3)19(27)14-9-11-15(12-10-14)22(23,24)25/h9-12,16H,4-8H2,1-3H3. The van der Waals surface area contributed by atoms with Gasteiger partial charge in [-0.05, 0) is 25.5 Å². The van der Waals surface area contributed by atoms with Gasteiger partial charge in [0.05, 0.1) is 17.0 Å². The SMILES string of the molecule is CCCCCCC1C(=O)Oc2c(C)c(C(=O)c3ccc(C(F)(F)F)cc3)n(C)c21. The number of halogens is 3. The minimum atomic E-state index is -4.46. The first-order chi connectivity index (χ1) is 13.7. The fourth-order valence-corrected chi connectivity index (χ4v) is 3.93. The number of carbonyl (C=O) groups excluding carboxylic acids is 2. The molecule has 156 valence electrons. The molecule has 1 aliphatic rings. The molecule has 2 aromatic rings. The zero-order chi connectivity index (χ0) is 21.3. The summed E-state index contributed by atoms with van der Waals surface area (Å²) in [6.07, 6.45) is 0.295. The number of hydrogen-bond donors (Lipinski definition) is 0. The molecule has 7 heteroatoms. The summed E-state index contributed by atoms with van der Waals surface area (Å²) in [6.45, 7) is 3.81. The van der Waals surface area contributed by atoms with Gasteiger partial charge in [-0.1, -0.05) is 44.7 Å². The van der Waals surface area contributed by atoms with E-state index in [-0.39, 0.29) is 11.5 Å². The summed E-state index contributed by atoms with van der Waals surface area (Å²) in [6, 6.07) is 4.15. The molecule has 0 fully saturated rings. The molecular formula is C22H24F3NO3. The number of hydrogen-bond acceptors (Lipinski definition) is 3. The highest BCUT2D eigenvalue weighted by atomic mass is 19.4. The minimum Gasteiger partial charge on any atom is -0.424 e. The maximum absolute atomic E-state index is 13.0. The molecule has 4 nitrogen and oxygen atoms in total. The van der Waals surface area contributed by atoms with Crippen molar-refractivity contribution < 1.29 is 27.5 Å². The van der Waals surface area contributed by atoms with Crippen LogP contribution in [0.15, 0.2) is 24.3 Å². The van der Waals surface area contributed by atoms with Crippen LogP contribution >= 0.6 is 0 Å². The average Bonchev–Trinajstić information content (AvgIpc) is 3.12. The van der Waals surface area contributed by atoms with Crippen molar-refractivity contribution in [2.45, 2.75) is 58.0 Å². The summed E-state index contributed by atoms with van der Waals surface area (Å²) in [7, 11) is 1.70. The summed E-state index contributed by atoms with van der Waals surface area (Å²) in [4.78, 5) is 25.3. The van der Waals surface area contributed by atoms with Crippen molar-refractivity contribution in [3.63, 3.8) is 0 Å². The van der Waals surface area contributed by atoms with Gasteiger partial charge >= 0.3 is 12.1 Å². The van der Waals surface area contributed by atoms with Crippen LogP contribution in [0, 0.1) is 6.92 Å². The largest absolute Gasteiger partial charge is 0.424 e. The van der Waals surface area contributed by atoms with Crippen LogP contribution < -0.4 is 4.74 Å². The summed E-state index contributed by atoms with van der Waals surface area (Å²) >= 11 is 0. The lowest BCUT2D eigenvalue weighted by Gasteiger charge is -2.12. The zero-order valence-electron chi connectivity index (χ0n) is 16.7. The Kier molecular flexibility index (Phi) is 5.87. The quantitative estimate of drug-likeness (QED) is 0.343. The van der Waals surface area contributed by atoms with E-state index in [9.17, 15) is 22.8 Å². The van der Waals surface area contributed by atoms with Crippen LogP contribution in [0.1, 0.15) is 77.8 Å². The number of esters is 1. The van der Waals surface area contributed by atoms with E-state index in [0.29, 0.717) is 29.1 Å². The molecule has 1 aromatic carbocycles. The molecule has 0 spiro atoms. The van der Waals surface area contributed by atoms with Gasteiger partial charge in [0.1, 0.15) is 5.92 Å². The van der Waals surface area contributed by atoms with Gasteiger partial charge < -0.3 is 9.30 Å². The van der Waals surface area contributed by atoms with E-state index in [1.165, 1.54) is 12.1 Å². The summed E-state index contributed by atoms with van der Waals surface area (Å²) in [5.41, 5.74) is 0.907. The Morgan fingerprint density at radius 3 is 2.38 bits per heavy atom. The molecule has 0 saturated heterocycles. The second kappa shape index (κ2) is 8.05. The number of nitrogens with zero attached hydrogens (tertiary/aromatic N) is 1. The first-order valence-electron chi connectivity index (χ1n) is 9.79. The Morgan fingerprint density at radius 2 is 1.79 bits per heavy atom.